The molecule has 92 valence electrons. The van der Waals surface area contributed by atoms with E-state index in [4.69, 9.17) is 22.1 Å². The normalized spacial score (nSPS) is 18.1. The maximum Gasteiger partial charge on any atom is 0.186 e. The predicted octanol–water partition coefficient (Wildman–Crippen LogP) is 2.80. The molecule has 1 saturated carbocycles. The van der Waals surface area contributed by atoms with Crippen LogP contribution in [-0.4, -0.2) is 18.4 Å². The SMILES string of the molecule is COc1ccc(Cl)cc1C(=O)C1(N)CCCC1. The van der Waals surface area contributed by atoms with Gasteiger partial charge >= 0.3 is 0 Å². The molecule has 0 aliphatic heterocycles. The van der Waals surface area contributed by atoms with Crippen molar-refractivity contribution in [3.8, 4) is 5.75 Å². The van der Waals surface area contributed by atoms with Gasteiger partial charge in [0.15, 0.2) is 5.78 Å². The number of hydrogen-bond donors (Lipinski definition) is 1. The van der Waals surface area contributed by atoms with E-state index in [1.54, 1.807) is 18.2 Å². The second kappa shape index (κ2) is 4.67. The van der Waals surface area contributed by atoms with Gasteiger partial charge in [-0.05, 0) is 31.0 Å². The quantitative estimate of drug-likeness (QED) is 0.843. The summed E-state index contributed by atoms with van der Waals surface area (Å²) < 4.78 is 5.19. The first kappa shape index (κ1) is 12.4. The molecular formula is C13H16ClNO2. The van der Waals surface area contributed by atoms with Crippen LogP contribution >= 0.6 is 11.6 Å². The van der Waals surface area contributed by atoms with Crippen LogP contribution in [0.4, 0.5) is 0 Å². The number of carbonyl (C=O) groups excluding carboxylic acids is 1. The van der Waals surface area contributed by atoms with E-state index in [1.165, 1.54) is 7.11 Å². The van der Waals surface area contributed by atoms with Gasteiger partial charge in [-0.2, -0.15) is 0 Å². The summed E-state index contributed by atoms with van der Waals surface area (Å²) in [6.45, 7) is 0. The molecule has 1 aliphatic carbocycles. The van der Waals surface area contributed by atoms with Gasteiger partial charge in [-0.3, -0.25) is 4.79 Å². The Morgan fingerprint density at radius 2 is 2.06 bits per heavy atom. The zero-order valence-corrected chi connectivity index (χ0v) is 10.6. The molecule has 0 radical (unpaired) electrons. The van der Waals surface area contributed by atoms with Crippen molar-refractivity contribution in [3.63, 3.8) is 0 Å². The smallest absolute Gasteiger partial charge is 0.186 e. The lowest BCUT2D eigenvalue weighted by Crippen LogP contribution is -2.45. The maximum atomic E-state index is 12.4. The van der Waals surface area contributed by atoms with Crippen LogP contribution in [0.1, 0.15) is 36.0 Å². The van der Waals surface area contributed by atoms with Crippen LogP contribution in [0.5, 0.6) is 5.75 Å². The van der Waals surface area contributed by atoms with E-state index in [9.17, 15) is 4.79 Å². The average molecular weight is 254 g/mol. The summed E-state index contributed by atoms with van der Waals surface area (Å²) in [7, 11) is 1.54. The van der Waals surface area contributed by atoms with Crippen LogP contribution in [0.3, 0.4) is 0 Å². The van der Waals surface area contributed by atoms with E-state index in [-0.39, 0.29) is 5.78 Å². The van der Waals surface area contributed by atoms with Gasteiger partial charge in [-0.15, -0.1) is 0 Å². The number of ether oxygens (including phenoxy) is 1. The minimum atomic E-state index is -0.738. The van der Waals surface area contributed by atoms with Crippen molar-refractivity contribution in [2.75, 3.05) is 7.11 Å². The molecule has 4 heteroatoms. The summed E-state index contributed by atoms with van der Waals surface area (Å²) in [5, 5.41) is 0.524. The van der Waals surface area contributed by atoms with Crippen LogP contribution in [0.15, 0.2) is 18.2 Å². The van der Waals surface area contributed by atoms with Crippen molar-refractivity contribution < 1.29 is 9.53 Å². The van der Waals surface area contributed by atoms with Crippen molar-refractivity contribution in [2.24, 2.45) is 5.73 Å². The minimum Gasteiger partial charge on any atom is -0.496 e. The first-order valence-corrected chi connectivity index (χ1v) is 6.12. The lowest BCUT2D eigenvalue weighted by Gasteiger charge is -2.22. The third-order valence-electron chi connectivity index (χ3n) is 3.35. The number of benzene rings is 1. The van der Waals surface area contributed by atoms with E-state index >= 15 is 0 Å². The Kier molecular flexibility index (Phi) is 3.40. The molecule has 0 amide bonds. The average Bonchev–Trinajstić information content (AvgIpc) is 2.76. The van der Waals surface area contributed by atoms with Gasteiger partial charge in [0.2, 0.25) is 0 Å². The highest BCUT2D eigenvalue weighted by Gasteiger charge is 2.38. The molecule has 2 rings (SSSR count). The zero-order chi connectivity index (χ0) is 12.5. The van der Waals surface area contributed by atoms with Crippen molar-refractivity contribution in [3.05, 3.63) is 28.8 Å². The summed E-state index contributed by atoms with van der Waals surface area (Å²) in [5.74, 6) is 0.477. The summed E-state index contributed by atoms with van der Waals surface area (Å²) in [6, 6.07) is 5.04. The fraction of sp³-hybridized carbons (Fsp3) is 0.462. The number of hydrogen-bond acceptors (Lipinski definition) is 3. The lowest BCUT2D eigenvalue weighted by molar-refractivity contribution is 0.0889. The van der Waals surface area contributed by atoms with Gasteiger partial charge in [0.1, 0.15) is 5.75 Å². The molecule has 1 aromatic carbocycles. The van der Waals surface area contributed by atoms with Crippen molar-refractivity contribution >= 4 is 17.4 Å². The Hall–Kier alpha value is -1.06. The van der Waals surface area contributed by atoms with E-state index < -0.39 is 5.54 Å². The first-order valence-electron chi connectivity index (χ1n) is 5.74. The number of ketones is 1. The molecule has 0 bridgehead atoms. The fourth-order valence-corrected chi connectivity index (χ4v) is 2.53. The molecule has 2 N–H and O–H groups in total. The fourth-order valence-electron chi connectivity index (χ4n) is 2.36. The molecule has 17 heavy (non-hydrogen) atoms. The number of carbonyl (C=O) groups is 1. The van der Waals surface area contributed by atoms with Gasteiger partial charge in [-0.1, -0.05) is 24.4 Å². The number of Topliss-reactive ketones (excluding diaryl/α,β-unsaturated/α-hetero) is 1. The zero-order valence-electron chi connectivity index (χ0n) is 9.83. The Balaban J connectivity index is 2.39. The molecule has 0 unspecified atom stereocenters. The molecule has 0 saturated heterocycles. The number of halogens is 1. The maximum absolute atomic E-state index is 12.4. The second-order valence-electron chi connectivity index (χ2n) is 4.54. The molecular weight excluding hydrogens is 238 g/mol. The van der Waals surface area contributed by atoms with Crippen LogP contribution in [0.25, 0.3) is 0 Å². The molecule has 0 heterocycles. The van der Waals surface area contributed by atoms with Gasteiger partial charge in [0.25, 0.3) is 0 Å². The topological polar surface area (TPSA) is 52.3 Å². The van der Waals surface area contributed by atoms with Gasteiger partial charge < -0.3 is 10.5 Å². The van der Waals surface area contributed by atoms with Crippen LogP contribution < -0.4 is 10.5 Å². The Bertz CT molecular complexity index is 439. The molecule has 0 atom stereocenters. The molecule has 1 aliphatic rings. The molecule has 1 aromatic rings. The Morgan fingerprint density at radius 3 is 2.65 bits per heavy atom. The van der Waals surface area contributed by atoms with Crippen LogP contribution in [0.2, 0.25) is 5.02 Å². The molecule has 1 fully saturated rings. The lowest BCUT2D eigenvalue weighted by atomic mass is 9.88. The molecule has 0 aromatic heterocycles. The number of nitrogens with two attached hydrogens (primary N) is 1. The van der Waals surface area contributed by atoms with Gasteiger partial charge in [-0.25, -0.2) is 0 Å². The van der Waals surface area contributed by atoms with Crippen molar-refractivity contribution in [1.29, 1.82) is 0 Å². The largest absolute Gasteiger partial charge is 0.496 e. The molecule has 0 spiro atoms. The van der Waals surface area contributed by atoms with Gasteiger partial charge in [0, 0.05) is 5.02 Å². The van der Waals surface area contributed by atoms with E-state index in [2.05, 4.69) is 0 Å². The molecule has 3 nitrogen and oxygen atoms in total. The van der Waals surface area contributed by atoms with Crippen molar-refractivity contribution in [1.82, 2.24) is 0 Å². The van der Waals surface area contributed by atoms with Crippen molar-refractivity contribution in [2.45, 2.75) is 31.2 Å². The van der Waals surface area contributed by atoms with E-state index in [0.29, 0.717) is 16.3 Å². The highest BCUT2D eigenvalue weighted by atomic mass is 35.5. The third kappa shape index (κ3) is 2.31. The summed E-state index contributed by atoms with van der Waals surface area (Å²) in [4.78, 5) is 12.4. The van der Waals surface area contributed by atoms with E-state index in [1.807, 2.05) is 0 Å². The number of rotatable bonds is 3. The van der Waals surface area contributed by atoms with Gasteiger partial charge in [0.05, 0.1) is 18.2 Å². The summed E-state index contributed by atoms with van der Waals surface area (Å²) in [5.41, 5.74) is 5.91. The third-order valence-corrected chi connectivity index (χ3v) is 3.59. The number of methoxy groups -OCH3 is 1. The van der Waals surface area contributed by atoms with Crippen LogP contribution in [-0.2, 0) is 0 Å². The van der Waals surface area contributed by atoms with E-state index in [0.717, 1.165) is 25.7 Å². The first-order chi connectivity index (χ1) is 8.07. The summed E-state index contributed by atoms with van der Waals surface area (Å²) >= 11 is 5.92. The Labute approximate surface area is 106 Å². The van der Waals surface area contributed by atoms with Crippen LogP contribution in [0, 0.1) is 0 Å². The monoisotopic (exact) mass is 253 g/mol. The predicted molar refractivity (Wildman–Crippen MR) is 67.7 cm³/mol. The minimum absolute atomic E-state index is 0.0608. The highest BCUT2D eigenvalue weighted by molar-refractivity contribution is 6.31. The Morgan fingerprint density at radius 1 is 1.41 bits per heavy atom. The highest BCUT2D eigenvalue weighted by Crippen LogP contribution is 2.34. The summed E-state index contributed by atoms with van der Waals surface area (Å²) in [6.07, 6.45) is 3.49. The standard InChI is InChI=1S/C13H16ClNO2/c1-17-11-5-4-9(14)8-10(11)12(16)13(15)6-2-3-7-13/h4-5,8H,2-3,6-7,15H2,1H3. The second-order valence-corrected chi connectivity index (χ2v) is 4.97.